The van der Waals surface area contributed by atoms with E-state index in [1.165, 1.54) is 0 Å². The molecule has 0 aliphatic heterocycles. The zero-order chi connectivity index (χ0) is 10.4. The summed E-state index contributed by atoms with van der Waals surface area (Å²) < 4.78 is 7.07. The predicted molar refractivity (Wildman–Crippen MR) is 53.8 cm³/mol. The van der Waals surface area contributed by atoms with Crippen LogP contribution in [0.4, 0.5) is 0 Å². The van der Waals surface area contributed by atoms with Gasteiger partial charge in [-0.1, -0.05) is 0 Å². The fourth-order valence-corrected chi connectivity index (χ4v) is 1.03. The summed E-state index contributed by atoms with van der Waals surface area (Å²) in [5, 5.41) is 7.35. The van der Waals surface area contributed by atoms with Gasteiger partial charge < -0.3 is 10.1 Å². The van der Waals surface area contributed by atoms with Gasteiger partial charge in [0.1, 0.15) is 6.33 Å². The van der Waals surface area contributed by atoms with Gasteiger partial charge in [0.25, 0.3) is 0 Å². The molecule has 0 saturated carbocycles. The largest absolute Gasteiger partial charge is 0.377 e. The van der Waals surface area contributed by atoms with Crippen molar-refractivity contribution in [3.8, 4) is 0 Å². The number of hydrogen-bond donors (Lipinski definition) is 1. The molecule has 5 nitrogen and oxygen atoms in total. The number of nitrogens with zero attached hydrogens (tertiary/aromatic N) is 3. The van der Waals surface area contributed by atoms with Gasteiger partial charge in [-0.3, -0.25) is 4.68 Å². The Labute approximate surface area is 84.5 Å². The van der Waals surface area contributed by atoms with Gasteiger partial charge in [0.2, 0.25) is 0 Å². The maximum atomic E-state index is 5.38. The molecule has 0 bridgehead atoms. The van der Waals surface area contributed by atoms with Crippen LogP contribution in [-0.2, 0) is 18.3 Å². The van der Waals surface area contributed by atoms with Crippen molar-refractivity contribution in [1.29, 1.82) is 0 Å². The van der Waals surface area contributed by atoms with Gasteiger partial charge >= 0.3 is 0 Å². The molecule has 5 heteroatoms. The summed E-state index contributed by atoms with van der Waals surface area (Å²) in [6.07, 6.45) is 1.99. The minimum atomic E-state index is 0.296. The zero-order valence-corrected chi connectivity index (χ0v) is 9.03. The van der Waals surface area contributed by atoms with Crippen LogP contribution in [0.25, 0.3) is 0 Å². The number of nitrogens with one attached hydrogen (secondary N) is 1. The minimum absolute atomic E-state index is 0.296. The number of rotatable bonds is 6. The van der Waals surface area contributed by atoms with Gasteiger partial charge in [-0.2, -0.15) is 5.10 Å². The monoisotopic (exact) mass is 198 g/mol. The molecular formula is C9H18N4O. The van der Waals surface area contributed by atoms with E-state index in [1.807, 2.05) is 20.9 Å². The molecule has 0 saturated heterocycles. The van der Waals surface area contributed by atoms with Crippen molar-refractivity contribution in [3.05, 3.63) is 12.2 Å². The second-order valence-corrected chi connectivity index (χ2v) is 3.43. The molecule has 0 radical (unpaired) electrons. The topological polar surface area (TPSA) is 52.0 Å². The Bertz CT molecular complexity index is 259. The van der Waals surface area contributed by atoms with Crippen LogP contribution < -0.4 is 5.32 Å². The van der Waals surface area contributed by atoms with E-state index in [9.17, 15) is 0 Å². The second kappa shape index (κ2) is 5.72. The van der Waals surface area contributed by atoms with E-state index >= 15 is 0 Å². The summed E-state index contributed by atoms with van der Waals surface area (Å²) >= 11 is 0. The molecule has 1 aromatic rings. The maximum Gasteiger partial charge on any atom is 0.164 e. The first-order valence-corrected chi connectivity index (χ1v) is 4.85. The average Bonchev–Trinajstić information content (AvgIpc) is 2.50. The van der Waals surface area contributed by atoms with Crippen molar-refractivity contribution in [2.45, 2.75) is 26.5 Å². The maximum absolute atomic E-state index is 5.38. The van der Waals surface area contributed by atoms with Crippen molar-refractivity contribution in [3.63, 3.8) is 0 Å². The number of aromatic nitrogens is 3. The fraction of sp³-hybridized carbons (Fsp3) is 0.778. The minimum Gasteiger partial charge on any atom is -0.377 e. The molecular weight excluding hydrogens is 180 g/mol. The third-order valence-corrected chi connectivity index (χ3v) is 1.66. The van der Waals surface area contributed by atoms with Crippen molar-refractivity contribution in [1.82, 2.24) is 20.1 Å². The summed E-state index contributed by atoms with van der Waals surface area (Å²) in [5.74, 6) is 0.817. The molecule has 1 heterocycles. The quantitative estimate of drug-likeness (QED) is 0.669. The van der Waals surface area contributed by atoms with Crippen LogP contribution in [0.15, 0.2) is 6.33 Å². The Morgan fingerprint density at radius 1 is 1.57 bits per heavy atom. The van der Waals surface area contributed by atoms with Crippen LogP contribution in [-0.4, -0.2) is 34.0 Å². The molecule has 0 fully saturated rings. The van der Waals surface area contributed by atoms with Crippen molar-refractivity contribution in [2.75, 3.05) is 13.2 Å². The van der Waals surface area contributed by atoms with Gasteiger partial charge in [0.05, 0.1) is 19.3 Å². The lowest BCUT2D eigenvalue weighted by molar-refractivity contribution is 0.0806. The van der Waals surface area contributed by atoms with E-state index in [-0.39, 0.29) is 0 Å². The van der Waals surface area contributed by atoms with E-state index in [0.29, 0.717) is 12.6 Å². The molecule has 0 aliphatic rings. The highest BCUT2D eigenvalue weighted by molar-refractivity contribution is 4.79. The third kappa shape index (κ3) is 4.34. The van der Waals surface area contributed by atoms with Gasteiger partial charge in [-0.25, -0.2) is 4.98 Å². The number of aryl methyl sites for hydroxylation is 1. The van der Waals surface area contributed by atoms with Crippen molar-refractivity contribution in [2.24, 2.45) is 7.05 Å². The molecule has 80 valence electrons. The first kappa shape index (κ1) is 11.1. The Morgan fingerprint density at radius 2 is 2.36 bits per heavy atom. The normalized spacial score (nSPS) is 11.1. The molecule has 1 aromatic heterocycles. The molecule has 1 N–H and O–H groups in total. The zero-order valence-electron chi connectivity index (χ0n) is 9.03. The highest BCUT2D eigenvalue weighted by atomic mass is 16.5. The second-order valence-electron chi connectivity index (χ2n) is 3.43. The lowest BCUT2D eigenvalue weighted by Gasteiger charge is -2.07. The summed E-state index contributed by atoms with van der Waals surface area (Å²) in [6, 6.07) is 0. The van der Waals surface area contributed by atoms with E-state index in [4.69, 9.17) is 4.74 Å². The molecule has 0 aromatic carbocycles. The Hall–Kier alpha value is -0.940. The van der Waals surface area contributed by atoms with Crippen LogP contribution in [0.3, 0.4) is 0 Å². The summed E-state index contributed by atoms with van der Waals surface area (Å²) in [7, 11) is 1.86. The van der Waals surface area contributed by atoms with Crippen LogP contribution in [0.5, 0.6) is 0 Å². The number of hydrogen-bond acceptors (Lipinski definition) is 4. The average molecular weight is 198 g/mol. The van der Waals surface area contributed by atoms with E-state index in [2.05, 4.69) is 15.4 Å². The highest BCUT2D eigenvalue weighted by Gasteiger charge is 1.97. The standard InChI is InChI=1S/C9H18N4O/c1-8(2)14-5-4-10-6-9-11-7-13(3)12-9/h7-8,10H,4-6H2,1-3H3. The van der Waals surface area contributed by atoms with E-state index in [0.717, 1.165) is 19.0 Å². The first-order chi connectivity index (χ1) is 6.68. The molecule has 1 rings (SSSR count). The van der Waals surface area contributed by atoms with Gasteiger partial charge in [-0.15, -0.1) is 0 Å². The summed E-state index contributed by atoms with van der Waals surface area (Å²) in [4.78, 5) is 4.10. The molecule has 0 amide bonds. The van der Waals surface area contributed by atoms with Crippen molar-refractivity contribution < 1.29 is 4.74 Å². The summed E-state index contributed by atoms with van der Waals surface area (Å²) in [5.41, 5.74) is 0. The smallest absolute Gasteiger partial charge is 0.164 e. The predicted octanol–water partition coefficient (Wildman–Crippen LogP) is 0.330. The molecule has 0 atom stereocenters. The van der Waals surface area contributed by atoms with Gasteiger partial charge in [0, 0.05) is 13.6 Å². The van der Waals surface area contributed by atoms with E-state index < -0.39 is 0 Å². The Kier molecular flexibility index (Phi) is 4.55. The molecule has 0 unspecified atom stereocenters. The fourth-order valence-electron chi connectivity index (χ4n) is 1.03. The van der Waals surface area contributed by atoms with Crippen LogP contribution in [0.1, 0.15) is 19.7 Å². The first-order valence-electron chi connectivity index (χ1n) is 4.85. The van der Waals surface area contributed by atoms with Gasteiger partial charge in [-0.05, 0) is 13.8 Å². The Balaban J connectivity index is 2.04. The lowest BCUT2D eigenvalue weighted by Crippen LogP contribution is -2.21. The molecule has 0 spiro atoms. The molecule has 14 heavy (non-hydrogen) atoms. The van der Waals surface area contributed by atoms with Crippen LogP contribution >= 0.6 is 0 Å². The Morgan fingerprint density at radius 3 is 2.93 bits per heavy atom. The van der Waals surface area contributed by atoms with Crippen molar-refractivity contribution >= 4 is 0 Å². The highest BCUT2D eigenvalue weighted by Crippen LogP contribution is 1.88. The summed E-state index contributed by atoms with van der Waals surface area (Å²) in [6.45, 7) is 6.31. The van der Waals surface area contributed by atoms with E-state index in [1.54, 1.807) is 11.0 Å². The number of ether oxygens (including phenoxy) is 1. The third-order valence-electron chi connectivity index (χ3n) is 1.66. The van der Waals surface area contributed by atoms with Crippen LogP contribution in [0, 0.1) is 0 Å². The van der Waals surface area contributed by atoms with Gasteiger partial charge in [0.15, 0.2) is 5.82 Å². The molecule has 0 aliphatic carbocycles. The SMILES string of the molecule is CC(C)OCCNCc1ncn(C)n1. The van der Waals surface area contributed by atoms with Crippen LogP contribution in [0.2, 0.25) is 0 Å². The lowest BCUT2D eigenvalue weighted by atomic mass is 10.5.